The maximum atomic E-state index is 12.7. The molecule has 0 saturated carbocycles. The molecule has 1 heterocycles. The molecular formula is C19H24BrNO6. The molecule has 1 N–H and O–H groups in total. The molecule has 27 heavy (non-hydrogen) atoms. The summed E-state index contributed by atoms with van der Waals surface area (Å²) in [5.41, 5.74) is 1.55. The van der Waals surface area contributed by atoms with Crippen molar-refractivity contribution in [2.75, 3.05) is 21.3 Å². The quantitative estimate of drug-likeness (QED) is 0.681. The number of carbonyl (C=O) groups excluding carboxylic acids is 2. The van der Waals surface area contributed by atoms with E-state index in [1.165, 1.54) is 21.3 Å². The molecule has 1 aromatic rings. The van der Waals surface area contributed by atoms with Crippen LogP contribution in [0.25, 0.3) is 0 Å². The van der Waals surface area contributed by atoms with Crippen molar-refractivity contribution in [3.8, 4) is 17.2 Å². The van der Waals surface area contributed by atoms with Crippen LogP contribution in [0.3, 0.4) is 0 Å². The van der Waals surface area contributed by atoms with Crippen molar-refractivity contribution in [2.45, 2.75) is 39.2 Å². The Hall–Kier alpha value is -2.22. The lowest BCUT2D eigenvalue weighted by Gasteiger charge is -2.29. The van der Waals surface area contributed by atoms with Crippen molar-refractivity contribution in [1.29, 1.82) is 0 Å². The second-order valence-corrected chi connectivity index (χ2v) is 7.14. The van der Waals surface area contributed by atoms with Crippen LogP contribution in [0, 0.1) is 0 Å². The first-order valence-corrected chi connectivity index (χ1v) is 9.24. The van der Waals surface area contributed by atoms with Crippen LogP contribution < -0.4 is 19.5 Å². The van der Waals surface area contributed by atoms with Gasteiger partial charge >= 0.3 is 5.97 Å². The number of ether oxygens (including phenoxy) is 4. The van der Waals surface area contributed by atoms with Crippen LogP contribution in [0.15, 0.2) is 21.8 Å². The molecule has 0 bridgehead atoms. The molecule has 2 rings (SSSR count). The molecule has 7 nitrogen and oxygen atoms in total. The van der Waals surface area contributed by atoms with Crippen molar-refractivity contribution in [1.82, 2.24) is 5.32 Å². The Morgan fingerprint density at radius 3 is 2.33 bits per heavy atom. The molecule has 0 fully saturated rings. The Morgan fingerprint density at radius 1 is 1.19 bits per heavy atom. The van der Waals surface area contributed by atoms with Crippen LogP contribution in [0.2, 0.25) is 0 Å². The fourth-order valence-electron chi connectivity index (χ4n) is 3.11. The van der Waals surface area contributed by atoms with Gasteiger partial charge in [0.2, 0.25) is 11.7 Å². The van der Waals surface area contributed by atoms with Crippen molar-refractivity contribution in [3.63, 3.8) is 0 Å². The maximum absolute atomic E-state index is 12.7. The molecule has 0 spiro atoms. The van der Waals surface area contributed by atoms with Gasteiger partial charge in [0.25, 0.3) is 0 Å². The SMILES string of the molecule is COc1cc([C@@H]2CC(=O)NC(C)=C2C(=O)OC(C)C)c(Br)c(OC)c1OC. The first kappa shape index (κ1) is 21.1. The second kappa shape index (κ2) is 8.65. The molecule has 1 aliphatic heterocycles. The van der Waals surface area contributed by atoms with Crippen LogP contribution in [0.1, 0.15) is 38.7 Å². The maximum Gasteiger partial charge on any atom is 0.336 e. The average Bonchev–Trinajstić information content (AvgIpc) is 2.59. The number of methoxy groups -OCH3 is 3. The second-order valence-electron chi connectivity index (χ2n) is 6.35. The highest BCUT2D eigenvalue weighted by Gasteiger charge is 2.36. The molecule has 0 aromatic heterocycles. The summed E-state index contributed by atoms with van der Waals surface area (Å²) in [7, 11) is 4.53. The Balaban J connectivity index is 2.67. The van der Waals surface area contributed by atoms with E-state index in [4.69, 9.17) is 18.9 Å². The topological polar surface area (TPSA) is 83.1 Å². The van der Waals surface area contributed by atoms with Gasteiger partial charge in [0, 0.05) is 18.0 Å². The minimum atomic E-state index is -0.520. The van der Waals surface area contributed by atoms with E-state index in [1.54, 1.807) is 26.8 Å². The van der Waals surface area contributed by atoms with E-state index in [0.29, 0.717) is 38.6 Å². The van der Waals surface area contributed by atoms with E-state index in [0.717, 1.165) is 0 Å². The fraction of sp³-hybridized carbons (Fsp3) is 0.474. The van der Waals surface area contributed by atoms with Gasteiger partial charge in [0.15, 0.2) is 11.5 Å². The van der Waals surface area contributed by atoms with Gasteiger partial charge in [-0.25, -0.2) is 4.79 Å². The van der Waals surface area contributed by atoms with Gasteiger partial charge < -0.3 is 24.3 Å². The van der Waals surface area contributed by atoms with E-state index in [-0.39, 0.29) is 18.4 Å². The summed E-state index contributed by atoms with van der Waals surface area (Å²) in [4.78, 5) is 24.9. The van der Waals surface area contributed by atoms with Crippen molar-refractivity contribution < 1.29 is 28.5 Å². The fourth-order valence-corrected chi connectivity index (χ4v) is 3.84. The number of allylic oxidation sites excluding steroid dienone is 1. The number of hydrogen-bond acceptors (Lipinski definition) is 6. The largest absolute Gasteiger partial charge is 0.493 e. The zero-order chi connectivity index (χ0) is 20.3. The van der Waals surface area contributed by atoms with Gasteiger partial charge in [0.05, 0.1) is 37.5 Å². The highest BCUT2D eigenvalue weighted by Crippen LogP contribution is 2.49. The van der Waals surface area contributed by atoms with Crippen LogP contribution in [0.4, 0.5) is 0 Å². The lowest BCUT2D eigenvalue weighted by molar-refractivity contribution is -0.143. The number of carbonyl (C=O) groups is 2. The molecule has 1 aromatic carbocycles. The summed E-state index contributed by atoms with van der Waals surface area (Å²) in [5, 5.41) is 2.72. The number of benzene rings is 1. The van der Waals surface area contributed by atoms with Crippen LogP contribution in [0.5, 0.6) is 17.2 Å². The first-order valence-electron chi connectivity index (χ1n) is 8.45. The standard InChI is InChI=1S/C19H24BrNO6/c1-9(2)27-19(23)15-10(3)21-14(22)8-11(15)12-7-13(24-4)17(25-5)18(26-6)16(12)20/h7,9,11H,8H2,1-6H3,(H,21,22)/t11-/m0/s1. The van der Waals surface area contributed by atoms with Gasteiger partial charge in [-0.3, -0.25) is 4.79 Å². The highest BCUT2D eigenvalue weighted by molar-refractivity contribution is 9.10. The minimum absolute atomic E-state index is 0.0944. The third kappa shape index (κ3) is 4.21. The molecule has 148 valence electrons. The Labute approximate surface area is 167 Å². The molecule has 1 aliphatic rings. The minimum Gasteiger partial charge on any atom is -0.493 e. The van der Waals surface area contributed by atoms with Crippen molar-refractivity contribution in [3.05, 3.63) is 27.4 Å². The molecule has 0 radical (unpaired) electrons. The van der Waals surface area contributed by atoms with Crippen LogP contribution >= 0.6 is 15.9 Å². The van der Waals surface area contributed by atoms with Gasteiger partial charge in [-0.05, 0) is 48.3 Å². The predicted molar refractivity (Wildman–Crippen MR) is 103 cm³/mol. The van der Waals surface area contributed by atoms with Crippen molar-refractivity contribution in [2.24, 2.45) is 0 Å². The molecule has 1 amide bonds. The van der Waals surface area contributed by atoms with E-state index in [2.05, 4.69) is 21.2 Å². The number of rotatable bonds is 6. The summed E-state index contributed by atoms with van der Waals surface area (Å²) < 4.78 is 22.3. The third-order valence-electron chi connectivity index (χ3n) is 4.20. The zero-order valence-corrected chi connectivity index (χ0v) is 17.9. The normalized spacial score (nSPS) is 16.9. The third-order valence-corrected chi connectivity index (χ3v) is 5.02. The summed E-state index contributed by atoms with van der Waals surface area (Å²) in [6.07, 6.45) is -0.184. The zero-order valence-electron chi connectivity index (χ0n) is 16.3. The summed E-state index contributed by atoms with van der Waals surface area (Å²) >= 11 is 3.53. The number of halogens is 1. The van der Waals surface area contributed by atoms with Gasteiger partial charge in [-0.15, -0.1) is 0 Å². The van der Waals surface area contributed by atoms with E-state index in [9.17, 15) is 9.59 Å². The monoisotopic (exact) mass is 441 g/mol. The molecule has 0 unspecified atom stereocenters. The summed E-state index contributed by atoms with van der Waals surface area (Å²) in [6, 6.07) is 1.74. The molecular weight excluding hydrogens is 418 g/mol. The Bertz CT molecular complexity index is 787. The number of esters is 1. The predicted octanol–water partition coefficient (Wildman–Crippen LogP) is 3.30. The number of nitrogens with one attached hydrogen (secondary N) is 1. The van der Waals surface area contributed by atoms with Gasteiger partial charge in [-0.2, -0.15) is 0 Å². The van der Waals surface area contributed by atoms with E-state index in [1.807, 2.05) is 0 Å². The molecule has 8 heteroatoms. The molecule has 1 atom stereocenters. The molecule has 0 aliphatic carbocycles. The summed E-state index contributed by atoms with van der Waals surface area (Å²) in [6.45, 7) is 5.24. The number of hydrogen-bond donors (Lipinski definition) is 1. The average molecular weight is 442 g/mol. The van der Waals surface area contributed by atoms with E-state index < -0.39 is 11.9 Å². The van der Waals surface area contributed by atoms with Crippen molar-refractivity contribution >= 4 is 27.8 Å². The Kier molecular flexibility index (Phi) is 6.75. The van der Waals surface area contributed by atoms with Crippen LogP contribution in [-0.2, 0) is 14.3 Å². The smallest absolute Gasteiger partial charge is 0.336 e. The van der Waals surface area contributed by atoms with Gasteiger partial charge in [-0.1, -0.05) is 0 Å². The summed E-state index contributed by atoms with van der Waals surface area (Å²) in [5.74, 6) is 0.114. The Morgan fingerprint density at radius 2 is 1.81 bits per heavy atom. The molecule has 0 saturated heterocycles. The number of amides is 1. The van der Waals surface area contributed by atoms with Crippen LogP contribution in [-0.4, -0.2) is 39.3 Å². The first-order chi connectivity index (χ1) is 12.7. The lowest BCUT2D eigenvalue weighted by atomic mass is 9.84. The highest BCUT2D eigenvalue weighted by atomic mass is 79.9. The van der Waals surface area contributed by atoms with Gasteiger partial charge in [0.1, 0.15) is 0 Å². The van der Waals surface area contributed by atoms with E-state index >= 15 is 0 Å². The lowest BCUT2D eigenvalue weighted by Crippen LogP contribution is -2.34.